The molecule has 0 radical (unpaired) electrons. The molecular formula is C22H31N3O. The van der Waals surface area contributed by atoms with E-state index in [1.807, 2.05) is 19.9 Å². The zero-order chi connectivity index (χ0) is 18.8. The normalized spacial score (nSPS) is 19.8. The van der Waals surface area contributed by atoms with Crippen molar-refractivity contribution in [3.05, 3.63) is 48.2 Å². The van der Waals surface area contributed by atoms with Crippen molar-refractivity contribution in [3.8, 4) is 0 Å². The Bertz CT molecular complexity index is 803. The molecule has 2 heterocycles. The standard InChI is InChI=1S/C22H31N3O/c1-6-10-25-13-16-12-19(22(26)23-15(4)5)24-18(11-14(2)3)17-8-7-9-20(25)21(16)17/h6-9,13-15,18-19,24H,1,10-12H2,2-5H3,(H,23,26)/t18-,19-/m0/s1. The molecule has 1 aromatic carbocycles. The Kier molecular flexibility index (Phi) is 5.52. The molecular weight excluding hydrogens is 322 g/mol. The van der Waals surface area contributed by atoms with Gasteiger partial charge in [-0.1, -0.05) is 32.1 Å². The molecule has 0 fully saturated rings. The lowest BCUT2D eigenvalue weighted by atomic mass is 9.94. The zero-order valence-electron chi connectivity index (χ0n) is 16.4. The summed E-state index contributed by atoms with van der Waals surface area (Å²) in [6.45, 7) is 13.2. The number of amides is 1. The second-order valence-corrected chi connectivity index (χ2v) is 8.11. The predicted molar refractivity (Wildman–Crippen MR) is 108 cm³/mol. The van der Waals surface area contributed by atoms with Crippen molar-refractivity contribution in [2.24, 2.45) is 5.92 Å². The van der Waals surface area contributed by atoms with E-state index in [0.717, 1.165) is 13.0 Å². The predicted octanol–water partition coefficient (Wildman–Crippen LogP) is 3.95. The van der Waals surface area contributed by atoms with Gasteiger partial charge in [0, 0.05) is 35.7 Å². The maximum atomic E-state index is 12.8. The summed E-state index contributed by atoms with van der Waals surface area (Å²) >= 11 is 0. The van der Waals surface area contributed by atoms with Crippen LogP contribution in [-0.4, -0.2) is 22.6 Å². The number of rotatable bonds is 6. The van der Waals surface area contributed by atoms with Crippen LogP contribution in [0, 0.1) is 5.92 Å². The molecule has 2 atom stereocenters. The van der Waals surface area contributed by atoms with Gasteiger partial charge in [-0.3, -0.25) is 10.1 Å². The van der Waals surface area contributed by atoms with E-state index in [1.165, 1.54) is 22.0 Å². The number of hydrogen-bond acceptors (Lipinski definition) is 2. The smallest absolute Gasteiger partial charge is 0.237 e. The largest absolute Gasteiger partial charge is 0.353 e. The lowest BCUT2D eigenvalue weighted by Gasteiger charge is -2.25. The van der Waals surface area contributed by atoms with Crippen molar-refractivity contribution in [1.29, 1.82) is 0 Å². The van der Waals surface area contributed by atoms with Crippen molar-refractivity contribution in [3.63, 3.8) is 0 Å². The number of carbonyl (C=O) groups excluding carboxylic acids is 1. The van der Waals surface area contributed by atoms with Crippen molar-refractivity contribution < 1.29 is 4.79 Å². The van der Waals surface area contributed by atoms with Crippen LogP contribution in [0.15, 0.2) is 37.1 Å². The number of aromatic nitrogens is 1. The second kappa shape index (κ2) is 7.67. The summed E-state index contributed by atoms with van der Waals surface area (Å²) in [6, 6.07) is 6.63. The summed E-state index contributed by atoms with van der Waals surface area (Å²) < 4.78 is 2.25. The van der Waals surface area contributed by atoms with Crippen LogP contribution in [0.25, 0.3) is 10.9 Å². The Morgan fingerprint density at radius 2 is 2.15 bits per heavy atom. The quantitative estimate of drug-likeness (QED) is 0.772. The third-order valence-corrected chi connectivity index (χ3v) is 5.00. The van der Waals surface area contributed by atoms with Gasteiger partial charge in [0.1, 0.15) is 0 Å². The SMILES string of the molecule is C=CCn1cc2c3c(cccc31)[C@H](CC(C)C)N[C@H](C(=O)NC(C)C)C2. The summed E-state index contributed by atoms with van der Waals surface area (Å²) in [7, 11) is 0. The second-order valence-electron chi connectivity index (χ2n) is 8.11. The minimum absolute atomic E-state index is 0.0891. The average Bonchev–Trinajstić information content (AvgIpc) is 2.82. The van der Waals surface area contributed by atoms with Gasteiger partial charge in [0.25, 0.3) is 0 Å². The maximum Gasteiger partial charge on any atom is 0.237 e. The lowest BCUT2D eigenvalue weighted by molar-refractivity contribution is -0.123. The Balaban J connectivity index is 2.09. The van der Waals surface area contributed by atoms with Crippen molar-refractivity contribution in [2.75, 3.05) is 0 Å². The van der Waals surface area contributed by atoms with Crippen LogP contribution in [0.5, 0.6) is 0 Å². The molecule has 26 heavy (non-hydrogen) atoms. The molecule has 1 aliphatic heterocycles. The highest BCUT2D eigenvalue weighted by Gasteiger charge is 2.30. The van der Waals surface area contributed by atoms with Gasteiger partial charge in [0.05, 0.1) is 6.04 Å². The molecule has 0 aliphatic carbocycles. The molecule has 1 amide bonds. The number of allylic oxidation sites excluding steroid dienone is 1. The van der Waals surface area contributed by atoms with E-state index >= 15 is 0 Å². The van der Waals surface area contributed by atoms with Crippen molar-refractivity contribution >= 4 is 16.8 Å². The van der Waals surface area contributed by atoms with Crippen LogP contribution in [-0.2, 0) is 17.8 Å². The van der Waals surface area contributed by atoms with Gasteiger partial charge in [-0.2, -0.15) is 0 Å². The van der Waals surface area contributed by atoms with E-state index in [0.29, 0.717) is 12.3 Å². The number of benzene rings is 1. The average molecular weight is 354 g/mol. The van der Waals surface area contributed by atoms with Crippen LogP contribution in [0.2, 0.25) is 0 Å². The Morgan fingerprint density at radius 3 is 2.81 bits per heavy atom. The summed E-state index contributed by atoms with van der Waals surface area (Å²) in [4.78, 5) is 12.8. The molecule has 4 heteroatoms. The van der Waals surface area contributed by atoms with Crippen molar-refractivity contribution in [2.45, 2.75) is 65.2 Å². The van der Waals surface area contributed by atoms with Gasteiger partial charge in [-0.15, -0.1) is 6.58 Å². The number of nitrogens with zero attached hydrogens (tertiary/aromatic N) is 1. The molecule has 0 spiro atoms. The molecule has 1 aromatic heterocycles. The van der Waals surface area contributed by atoms with Crippen LogP contribution >= 0.6 is 0 Å². The first-order valence-corrected chi connectivity index (χ1v) is 9.68. The van der Waals surface area contributed by atoms with Crippen LogP contribution in [0.4, 0.5) is 0 Å². The molecule has 2 N–H and O–H groups in total. The maximum absolute atomic E-state index is 12.8. The first kappa shape index (κ1) is 18.7. The lowest BCUT2D eigenvalue weighted by Crippen LogP contribution is -2.48. The molecule has 0 saturated heterocycles. The molecule has 3 rings (SSSR count). The van der Waals surface area contributed by atoms with E-state index in [1.54, 1.807) is 0 Å². The summed E-state index contributed by atoms with van der Waals surface area (Å²) in [5.41, 5.74) is 3.80. The molecule has 0 bridgehead atoms. The van der Waals surface area contributed by atoms with E-state index in [2.05, 4.69) is 60.0 Å². The molecule has 1 aliphatic rings. The van der Waals surface area contributed by atoms with Gasteiger partial charge in [-0.25, -0.2) is 0 Å². The Morgan fingerprint density at radius 1 is 1.38 bits per heavy atom. The Hall–Kier alpha value is -2.07. The van der Waals surface area contributed by atoms with Gasteiger partial charge >= 0.3 is 0 Å². The third-order valence-electron chi connectivity index (χ3n) is 5.00. The van der Waals surface area contributed by atoms with Crippen LogP contribution < -0.4 is 10.6 Å². The van der Waals surface area contributed by atoms with Crippen LogP contribution in [0.3, 0.4) is 0 Å². The number of nitrogens with one attached hydrogen (secondary N) is 2. The minimum atomic E-state index is -0.212. The monoisotopic (exact) mass is 353 g/mol. The number of carbonyl (C=O) groups is 1. The zero-order valence-corrected chi connectivity index (χ0v) is 16.4. The molecule has 2 aromatic rings. The summed E-state index contributed by atoms with van der Waals surface area (Å²) in [5.74, 6) is 0.638. The fraction of sp³-hybridized carbons (Fsp3) is 0.500. The third kappa shape index (κ3) is 3.70. The van der Waals surface area contributed by atoms with E-state index in [4.69, 9.17) is 0 Å². The highest BCUT2D eigenvalue weighted by molar-refractivity contribution is 5.90. The van der Waals surface area contributed by atoms with Gasteiger partial charge in [0.2, 0.25) is 5.91 Å². The van der Waals surface area contributed by atoms with E-state index in [9.17, 15) is 4.79 Å². The highest BCUT2D eigenvalue weighted by Crippen LogP contribution is 2.35. The van der Waals surface area contributed by atoms with Crippen molar-refractivity contribution in [1.82, 2.24) is 15.2 Å². The first-order valence-electron chi connectivity index (χ1n) is 9.68. The first-order chi connectivity index (χ1) is 12.4. The molecule has 140 valence electrons. The van der Waals surface area contributed by atoms with E-state index in [-0.39, 0.29) is 24.0 Å². The van der Waals surface area contributed by atoms with Gasteiger partial charge < -0.3 is 9.88 Å². The molecule has 0 unspecified atom stereocenters. The van der Waals surface area contributed by atoms with Gasteiger partial charge in [0.15, 0.2) is 0 Å². The van der Waals surface area contributed by atoms with Gasteiger partial charge in [-0.05, 0) is 49.8 Å². The van der Waals surface area contributed by atoms with E-state index < -0.39 is 0 Å². The summed E-state index contributed by atoms with van der Waals surface area (Å²) in [5, 5.41) is 8.05. The molecule has 4 nitrogen and oxygen atoms in total. The topological polar surface area (TPSA) is 46.1 Å². The summed E-state index contributed by atoms with van der Waals surface area (Å²) in [6.07, 6.45) is 5.85. The fourth-order valence-corrected chi connectivity index (χ4v) is 4.04. The Labute approximate surface area is 156 Å². The highest BCUT2D eigenvalue weighted by atomic mass is 16.2. The molecule has 0 saturated carbocycles. The number of hydrogen-bond donors (Lipinski definition) is 2. The minimum Gasteiger partial charge on any atom is -0.353 e. The van der Waals surface area contributed by atoms with Crippen LogP contribution in [0.1, 0.15) is 51.3 Å². The fourth-order valence-electron chi connectivity index (χ4n) is 4.04.